The Kier molecular flexibility index (Phi) is 10.6. The number of sulfone groups is 1. The number of hydrogen-bond donors (Lipinski definition) is 2. The molecule has 0 spiro atoms. The Morgan fingerprint density at radius 2 is 1.76 bits per heavy atom. The molecule has 0 bridgehead atoms. The number of ether oxygens (including phenoxy) is 2. The topological polar surface area (TPSA) is 106 Å². The molecule has 2 aromatic carbocycles. The lowest BCUT2D eigenvalue weighted by molar-refractivity contribution is 0.00901. The molecule has 248 valence electrons. The second-order valence-corrected chi connectivity index (χ2v) is 15.7. The van der Waals surface area contributed by atoms with Crippen molar-refractivity contribution in [2.24, 2.45) is 0 Å². The highest BCUT2D eigenvalue weighted by Gasteiger charge is 2.33. The summed E-state index contributed by atoms with van der Waals surface area (Å²) in [7, 11) is -3.54. The van der Waals surface area contributed by atoms with Crippen molar-refractivity contribution in [3.8, 4) is 5.75 Å². The lowest BCUT2D eigenvalue weighted by Gasteiger charge is -2.45. The van der Waals surface area contributed by atoms with Gasteiger partial charge in [-0.1, -0.05) is 29.8 Å². The van der Waals surface area contributed by atoms with Gasteiger partial charge in [0.15, 0.2) is 15.7 Å². The molecule has 2 N–H and O–H groups in total. The number of halogens is 1. The van der Waals surface area contributed by atoms with Gasteiger partial charge in [0.05, 0.1) is 33.8 Å². The molecular formula is C35H46ClN5O4S. The van der Waals surface area contributed by atoms with Crippen LogP contribution in [0.5, 0.6) is 5.75 Å². The van der Waals surface area contributed by atoms with Crippen LogP contribution in [0.25, 0.3) is 5.57 Å². The van der Waals surface area contributed by atoms with Gasteiger partial charge in [0.2, 0.25) is 5.95 Å². The molecule has 3 aromatic rings. The van der Waals surface area contributed by atoms with Gasteiger partial charge in [0.1, 0.15) is 10.8 Å². The fourth-order valence-electron chi connectivity index (χ4n) is 6.46. The van der Waals surface area contributed by atoms with Crippen molar-refractivity contribution in [2.45, 2.75) is 102 Å². The van der Waals surface area contributed by atoms with Gasteiger partial charge in [0, 0.05) is 31.3 Å². The van der Waals surface area contributed by atoms with E-state index < -0.39 is 15.1 Å². The summed E-state index contributed by atoms with van der Waals surface area (Å²) in [6, 6.07) is 12.2. The standard InChI is InChI=1S/C35H46ClN5O4S/c1-21(2)45-32-19-28(26-17-24(6)41(25(7)18-26)27-12-14-44-15-13-27)23(5)16-31(32)39-35-37-20-29(36)34(40-35)38-30-10-8-9-11-33(30)46(42,43)22(3)4/h8-11,16-17,19-22,24-25,27H,12-15,18H2,1-7H3,(H2,37,38,39,40)/t24-,25-/m0/s1. The second kappa shape index (κ2) is 14.3. The Morgan fingerprint density at radius 1 is 1.04 bits per heavy atom. The highest BCUT2D eigenvalue weighted by molar-refractivity contribution is 7.92. The molecule has 9 nitrogen and oxygen atoms in total. The van der Waals surface area contributed by atoms with Gasteiger partial charge < -0.3 is 20.1 Å². The largest absolute Gasteiger partial charge is 0.489 e. The number of benzene rings is 2. The summed E-state index contributed by atoms with van der Waals surface area (Å²) >= 11 is 6.49. The Bertz CT molecular complexity index is 1690. The van der Waals surface area contributed by atoms with Crippen LogP contribution in [0.1, 0.15) is 71.9 Å². The lowest BCUT2D eigenvalue weighted by Crippen LogP contribution is -2.50. The third kappa shape index (κ3) is 7.51. The van der Waals surface area contributed by atoms with Crippen LogP contribution < -0.4 is 15.4 Å². The van der Waals surface area contributed by atoms with Crippen LogP contribution in [-0.4, -0.2) is 66.0 Å². The Hall–Kier alpha value is -3.18. The first-order valence-corrected chi connectivity index (χ1v) is 18.0. The number of aryl methyl sites for hydroxylation is 1. The minimum atomic E-state index is -3.54. The first kappa shape index (κ1) is 34.2. The number of para-hydroxylation sites is 1. The second-order valence-electron chi connectivity index (χ2n) is 12.8. The molecule has 0 unspecified atom stereocenters. The van der Waals surface area contributed by atoms with Crippen molar-refractivity contribution in [1.29, 1.82) is 0 Å². The van der Waals surface area contributed by atoms with E-state index in [1.807, 2.05) is 13.8 Å². The number of hydrogen-bond acceptors (Lipinski definition) is 9. The quantitative estimate of drug-likeness (QED) is 0.223. The predicted octanol–water partition coefficient (Wildman–Crippen LogP) is 7.94. The Labute approximate surface area is 278 Å². The molecule has 0 amide bonds. The van der Waals surface area contributed by atoms with Crippen molar-refractivity contribution < 1.29 is 17.9 Å². The number of aromatic nitrogens is 2. The summed E-state index contributed by atoms with van der Waals surface area (Å²) in [6.45, 7) is 15.7. The van der Waals surface area contributed by atoms with E-state index in [1.165, 1.54) is 17.3 Å². The van der Waals surface area contributed by atoms with E-state index in [0.717, 1.165) is 43.7 Å². The zero-order chi connectivity index (χ0) is 33.2. The van der Waals surface area contributed by atoms with Gasteiger partial charge in [-0.05, 0) is 109 Å². The van der Waals surface area contributed by atoms with Crippen LogP contribution in [0.15, 0.2) is 53.6 Å². The molecule has 3 heterocycles. The maximum absolute atomic E-state index is 13.0. The number of anilines is 4. The van der Waals surface area contributed by atoms with Crippen LogP contribution >= 0.6 is 11.6 Å². The molecular weight excluding hydrogens is 622 g/mol. The van der Waals surface area contributed by atoms with E-state index in [2.05, 4.69) is 64.5 Å². The van der Waals surface area contributed by atoms with Gasteiger partial charge in [-0.25, -0.2) is 13.4 Å². The summed E-state index contributed by atoms with van der Waals surface area (Å²) in [5.41, 5.74) is 4.74. The SMILES string of the molecule is Cc1cc(Nc2ncc(Cl)c(Nc3ccccc3S(=O)(=O)C(C)C)n2)c(OC(C)C)cc1C1=C[C@H](C)N(C2CCOCC2)[C@@H](C)C1. The van der Waals surface area contributed by atoms with E-state index in [0.29, 0.717) is 35.5 Å². The third-order valence-corrected chi connectivity index (χ3v) is 11.1. The molecule has 2 aliphatic rings. The van der Waals surface area contributed by atoms with Crippen LogP contribution in [0, 0.1) is 6.92 Å². The van der Waals surface area contributed by atoms with Crippen molar-refractivity contribution in [2.75, 3.05) is 23.8 Å². The lowest BCUT2D eigenvalue weighted by atomic mass is 9.87. The molecule has 5 rings (SSSR count). The molecule has 2 atom stereocenters. The molecule has 0 aliphatic carbocycles. The Balaban J connectivity index is 1.44. The fraction of sp³-hybridized carbons (Fsp3) is 0.486. The van der Waals surface area contributed by atoms with Crippen LogP contribution in [0.4, 0.5) is 23.1 Å². The molecule has 11 heteroatoms. The van der Waals surface area contributed by atoms with E-state index in [-0.39, 0.29) is 21.8 Å². The van der Waals surface area contributed by atoms with E-state index in [4.69, 9.17) is 21.1 Å². The summed E-state index contributed by atoms with van der Waals surface area (Å²) in [5, 5.41) is 6.13. The fourth-order valence-corrected chi connectivity index (χ4v) is 7.80. The number of nitrogens with one attached hydrogen (secondary N) is 2. The van der Waals surface area contributed by atoms with Crippen molar-refractivity contribution in [1.82, 2.24) is 14.9 Å². The first-order chi connectivity index (χ1) is 21.8. The minimum absolute atomic E-state index is 0.0546. The van der Waals surface area contributed by atoms with Crippen LogP contribution in [0.2, 0.25) is 5.02 Å². The first-order valence-electron chi connectivity index (χ1n) is 16.1. The average molecular weight is 668 g/mol. The third-order valence-electron chi connectivity index (χ3n) is 8.64. The van der Waals surface area contributed by atoms with Crippen molar-refractivity contribution in [3.63, 3.8) is 0 Å². The van der Waals surface area contributed by atoms with Gasteiger partial charge in [-0.15, -0.1) is 0 Å². The monoisotopic (exact) mass is 667 g/mol. The summed E-state index contributed by atoms with van der Waals surface area (Å²) < 4.78 is 38.0. The van der Waals surface area contributed by atoms with Crippen molar-refractivity contribution in [3.05, 3.63) is 64.8 Å². The zero-order valence-corrected chi connectivity index (χ0v) is 29.4. The smallest absolute Gasteiger partial charge is 0.229 e. The minimum Gasteiger partial charge on any atom is -0.489 e. The molecule has 2 aliphatic heterocycles. The van der Waals surface area contributed by atoms with Gasteiger partial charge >= 0.3 is 0 Å². The number of rotatable bonds is 10. The van der Waals surface area contributed by atoms with Gasteiger partial charge in [-0.3, -0.25) is 4.90 Å². The molecule has 1 fully saturated rings. The van der Waals surface area contributed by atoms with E-state index in [9.17, 15) is 8.42 Å². The number of nitrogens with zero attached hydrogens (tertiary/aromatic N) is 3. The highest BCUT2D eigenvalue weighted by Crippen LogP contribution is 2.39. The molecule has 1 aromatic heterocycles. The maximum atomic E-state index is 13.0. The zero-order valence-electron chi connectivity index (χ0n) is 27.8. The van der Waals surface area contributed by atoms with Gasteiger partial charge in [-0.2, -0.15) is 4.98 Å². The van der Waals surface area contributed by atoms with E-state index >= 15 is 0 Å². The maximum Gasteiger partial charge on any atom is 0.229 e. The van der Waals surface area contributed by atoms with E-state index in [1.54, 1.807) is 38.1 Å². The normalized spacial score (nSPS) is 19.7. The summed E-state index contributed by atoms with van der Waals surface area (Å²) in [4.78, 5) is 11.9. The molecule has 46 heavy (non-hydrogen) atoms. The van der Waals surface area contributed by atoms with Crippen molar-refractivity contribution >= 4 is 50.2 Å². The molecule has 0 radical (unpaired) electrons. The Morgan fingerprint density at radius 3 is 2.43 bits per heavy atom. The molecule has 0 saturated carbocycles. The highest BCUT2D eigenvalue weighted by atomic mass is 35.5. The predicted molar refractivity (Wildman–Crippen MR) is 187 cm³/mol. The average Bonchev–Trinajstić information content (AvgIpc) is 3.00. The van der Waals surface area contributed by atoms with Crippen LogP contribution in [-0.2, 0) is 14.6 Å². The summed E-state index contributed by atoms with van der Waals surface area (Å²) in [6.07, 6.45) is 6.96. The van der Waals surface area contributed by atoms with Gasteiger partial charge in [0.25, 0.3) is 0 Å². The molecule has 1 saturated heterocycles. The summed E-state index contributed by atoms with van der Waals surface area (Å²) in [5.74, 6) is 1.28. The van der Waals surface area contributed by atoms with Crippen LogP contribution in [0.3, 0.4) is 0 Å².